The standard InChI is InChI=1S/C15H22N3/c1-3-18(4-2)10-8-17(9-11-18)15-7-5-6-14(12-15)13-16/h5-7,12H,3-4,8-11H2,1-2H3/q+1. The lowest BCUT2D eigenvalue weighted by atomic mass is 10.1. The molecule has 2 rings (SSSR count). The highest BCUT2D eigenvalue weighted by Gasteiger charge is 2.29. The molecule has 1 fully saturated rings. The van der Waals surface area contributed by atoms with Crippen LogP contribution < -0.4 is 4.90 Å². The molecule has 0 bridgehead atoms. The Labute approximate surface area is 110 Å². The van der Waals surface area contributed by atoms with Crippen molar-refractivity contribution in [1.82, 2.24) is 0 Å². The van der Waals surface area contributed by atoms with E-state index in [1.165, 1.54) is 36.3 Å². The molecule has 1 aromatic carbocycles. The third-order valence-corrected chi connectivity index (χ3v) is 4.37. The molecule has 1 aromatic rings. The number of likely N-dealkylation sites (N-methyl/N-ethyl adjacent to an activating group) is 1. The molecule has 1 aliphatic heterocycles. The first-order valence-electron chi connectivity index (χ1n) is 6.83. The van der Waals surface area contributed by atoms with Gasteiger partial charge in [0.2, 0.25) is 0 Å². The molecule has 3 nitrogen and oxygen atoms in total. The van der Waals surface area contributed by atoms with Gasteiger partial charge in [0.1, 0.15) is 0 Å². The number of nitrogens with zero attached hydrogens (tertiary/aromatic N) is 3. The normalized spacial score (nSPS) is 18.4. The van der Waals surface area contributed by atoms with Crippen LogP contribution in [0.5, 0.6) is 0 Å². The largest absolute Gasteiger partial charge is 0.360 e. The van der Waals surface area contributed by atoms with Crippen molar-refractivity contribution in [3.8, 4) is 6.07 Å². The highest BCUT2D eigenvalue weighted by atomic mass is 15.4. The van der Waals surface area contributed by atoms with E-state index in [9.17, 15) is 0 Å². The predicted octanol–water partition coefficient (Wildman–Crippen LogP) is 2.23. The Morgan fingerprint density at radius 3 is 2.44 bits per heavy atom. The third kappa shape index (κ3) is 2.49. The van der Waals surface area contributed by atoms with Crippen molar-refractivity contribution >= 4 is 5.69 Å². The van der Waals surface area contributed by atoms with Crippen LogP contribution in [0.2, 0.25) is 0 Å². The summed E-state index contributed by atoms with van der Waals surface area (Å²) in [5.41, 5.74) is 1.95. The lowest BCUT2D eigenvalue weighted by Gasteiger charge is -2.44. The molecule has 1 saturated heterocycles. The molecular formula is C15H22N3+. The van der Waals surface area contributed by atoms with Crippen molar-refractivity contribution in [1.29, 1.82) is 5.26 Å². The van der Waals surface area contributed by atoms with Gasteiger partial charge in [-0.1, -0.05) is 6.07 Å². The van der Waals surface area contributed by atoms with Crippen molar-refractivity contribution < 1.29 is 4.48 Å². The number of piperazine rings is 1. The van der Waals surface area contributed by atoms with Gasteiger partial charge in [0.05, 0.1) is 50.9 Å². The first kappa shape index (κ1) is 12.9. The van der Waals surface area contributed by atoms with Crippen molar-refractivity contribution in [3.63, 3.8) is 0 Å². The van der Waals surface area contributed by atoms with E-state index in [0.29, 0.717) is 0 Å². The Morgan fingerprint density at radius 1 is 1.22 bits per heavy atom. The number of benzene rings is 1. The van der Waals surface area contributed by atoms with Crippen molar-refractivity contribution in [2.45, 2.75) is 13.8 Å². The minimum absolute atomic E-state index is 0.754. The second kappa shape index (κ2) is 5.41. The van der Waals surface area contributed by atoms with Gasteiger partial charge in [-0.2, -0.15) is 5.26 Å². The Balaban J connectivity index is 2.07. The van der Waals surface area contributed by atoms with Crippen LogP contribution in [0.1, 0.15) is 19.4 Å². The fourth-order valence-electron chi connectivity index (χ4n) is 2.78. The SMILES string of the molecule is CC[N+]1(CC)CCN(c2cccc(C#N)c2)CC1. The van der Waals surface area contributed by atoms with Crippen LogP contribution in [-0.2, 0) is 0 Å². The Hall–Kier alpha value is -1.53. The zero-order valence-corrected chi connectivity index (χ0v) is 11.4. The molecule has 0 spiro atoms. The lowest BCUT2D eigenvalue weighted by molar-refractivity contribution is -0.925. The van der Waals surface area contributed by atoms with Gasteiger partial charge in [-0.05, 0) is 32.0 Å². The summed E-state index contributed by atoms with van der Waals surface area (Å²) in [6.45, 7) is 11.6. The molecule has 0 N–H and O–H groups in total. The van der Waals surface area contributed by atoms with Gasteiger partial charge in [-0.15, -0.1) is 0 Å². The van der Waals surface area contributed by atoms with E-state index in [-0.39, 0.29) is 0 Å². The molecule has 1 aliphatic rings. The van der Waals surface area contributed by atoms with Crippen molar-refractivity contribution in [2.75, 3.05) is 44.2 Å². The molecule has 0 aliphatic carbocycles. The summed E-state index contributed by atoms with van der Waals surface area (Å²) >= 11 is 0. The van der Waals surface area contributed by atoms with Crippen LogP contribution in [0.3, 0.4) is 0 Å². The summed E-state index contributed by atoms with van der Waals surface area (Å²) in [6, 6.07) is 10.2. The van der Waals surface area contributed by atoms with Gasteiger partial charge in [0, 0.05) is 5.69 Å². The van der Waals surface area contributed by atoms with E-state index in [4.69, 9.17) is 5.26 Å². The predicted molar refractivity (Wildman–Crippen MR) is 74.4 cm³/mol. The van der Waals surface area contributed by atoms with E-state index < -0.39 is 0 Å². The van der Waals surface area contributed by atoms with Crippen LogP contribution in [0.25, 0.3) is 0 Å². The monoisotopic (exact) mass is 244 g/mol. The van der Waals surface area contributed by atoms with E-state index in [0.717, 1.165) is 18.7 Å². The highest BCUT2D eigenvalue weighted by molar-refractivity contribution is 5.51. The Morgan fingerprint density at radius 2 is 1.89 bits per heavy atom. The average molecular weight is 244 g/mol. The van der Waals surface area contributed by atoms with E-state index in [2.05, 4.69) is 30.9 Å². The van der Waals surface area contributed by atoms with E-state index in [1.807, 2.05) is 18.2 Å². The molecule has 0 unspecified atom stereocenters. The lowest BCUT2D eigenvalue weighted by Crippen LogP contribution is -2.59. The maximum Gasteiger partial charge on any atom is 0.0992 e. The minimum atomic E-state index is 0.754. The summed E-state index contributed by atoms with van der Waals surface area (Å²) in [5, 5.41) is 8.95. The van der Waals surface area contributed by atoms with Crippen LogP contribution in [0.15, 0.2) is 24.3 Å². The highest BCUT2D eigenvalue weighted by Crippen LogP contribution is 2.20. The summed E-state index contributed by atoms with van der Waals surface area (Å²) in [5.74, 6) is 0. The number of quaternary nitrogens is 1. The fourth-order valence-corrected chi connectivity index (χ4v) is 2.78. The second-order valence-electron chi connectivity index (χ2n) is 5.07. The topological polar surface area (TPSA) is 27.0 Å². The summed E-state index contributed by atoms with van der Waals surface area (Å²) in [6.07, 6.45) is 0. The maximum atomic E-state index is 8.95. The zero-order chi connectivity index (χ0) is 13.0. The van der Waals surface area contributed by atoms with Gasteiger partial charge in [0.15, 0.2) is 0 Å². The van der Waals surface area contributed by atoms with Gasteiger partial charge in [0.25, 0.3) is 0 Å². The zero-order valence-electron chi connectivity index (χ0n) is 11.4. The first-order chi connectivity index (χ1) is 8.73. The molecular weight excluding hydrogens is 222 g/mol. The van der Waals surface area contributed by atoms with Gasteiger partial charge in [-0.3, -0.25) is 0 Å². The molecule has 0 saturated carbocycles. The van der Waals surface area contributed by atoms with Crippen molar-refractivity contribution in [2.24, 2.45) is 0 Å². The number of nitriles is 1. The Kier molecular flexibility index (Phi) is 3.88. The molecule has 96 valence electrons. The third-order valence-electron chi connectivity index (χ3n) is 4.37. The molecule has 3 heteroatoms. The fraction of sp³-hybridized carbons (Fsp3) is 0.533. The number of hydrogen-bond donors (Lipinski definition) is 0. The van der Waals surface area contributed by atoms with Crippen LogP contribution in [-0.4, -0.2) is 43.8 Å². The first-order valence-corrected chi connectivity index (χ1v) is 6.83. The van der Waals surface area contributed by atoms with Crippen LogP contribution >= 0.6 is 0 Å². The molecule has 0 amide bonds. The summed E-state index contributed by atoms with van der Waals surface area (Å²) < 4.78 is 1.23. The van der Waals surface area contributed by atoms with E-state index >= 15 is 0 Å². The molecule has 1 heterocycles. The summed E-state index contributed by atoms with van der Waals surface area (Å²) in [4.78, 5) is 2.41. The maximum absolute atomic E-state index is 8.95. The van der Waals surface area contributed by atoms with Crippen LogP contribution in [0.4, 0.5) is 5.69 Å². The quantitative estimate of drug-likeness (QED) is 0.762. The van der Waals surface area contributed by atoms with E-state index in [1.54, 1.807) is 0 Å². The Bertz CT molecular complexity index is 433. The van der Waals surface area contributed by atoms with Crippen molar-refractivity contribution in [3.05, 3.63) is 29.8 Å². The number of hydrogen-bond acceptors (Lipinski definition) is 2. The van der Waals surface area contributed by atoms with Crippen LogP contribution in [0, 0.1) is 11.3 Å². The average Bonchev–Trinajstić information content (AvgIpc) is 2.47. The number of anilines is 1. The summed E-state index contributed by atoms with van der Waals surface area (Å²) in [7, 11) is 0. The van der Waals surface area contributed by atoms with Gasteiger partial charge in [-0.25, -0.2) is 0 Å². The second-order valence-corrected chi connectivity index (χ2v) is 5.07. The molecule has 0 atom stereocenters. The molecule has 0 radical (unpaired) electrons. The number of rotatable bonds is 3. The smallest absolute Gasteiger partial charge is 0.0992 e. The van der Waals surface area contributed by atoms with Gasteiger partial charge >= 0.3 is 0 Å². The van der Waals surface area contributed by atoms with Gasteiger partial charge < -0.3 is 9.38 Å². The molecule has 0 aromatic heterocycles. The molecule has 18 heavy (non-hydrogen) atoms. The minimum Gasteiger partial charge on any atom is -0.360 e.